The predicted molar refractivity (Wildman–Crippen MR) is 117 cm³/mol. The summed E-state index contributed by atoms with van der Waals surface area (Å²) in [7, 11) is 3.50. The Morgan fingerprint density at radius 1 is 1.32 bits per heavy atom. The van der Waals surface area contributed by atoms with E-state index in [4.69, 9.17) is 16.3 Å². The van der Waals surface area contributed by atoms with Gasteiger partial charge in [0.05, 0.1) is 5.92 Å². The van der Waals surface area contributed by atoms with Crippen molar-refractivity contribution in [3.05, 3.63) is 34.9 Å². The van der Waals surface area contributed by atoms with Crippen molar-refractivity contribution in [2.75, 3.05) is 20.6 Å². The zero-order chi connectivity index (χ0) is 22.8. The van der Waals surface area contributed by atoms with Crippen LogP contribution in [0.5, 0.6) is 0 Å². The van der Waals surface area contributed by atoms with E-state index in [1.54, 1.807) is 32.2 Å². The van der Waals surface area contributed by atoms with E-state index in [-0.39, 0.29) is 11.8 Å². The van der Waals surface area contributed by atoms with Crippen molar-refractivity contribution in [2.24, 2.45) is 5.92 Å². The second-order valence-electron chi connectivity index (χ2n) is 8.73. The summed E-state index contributed by atoms with van der Waals surface area (Å²) in [6.45, 7) is 2.41. The van der Waals surface area contributed by atoms with E-state index < -0.39 is 29.6 Å². The van der Waals surface area contributed by atoms with Gasteiger partial charge in [0.1, 0.15) is 11.6 Å². The molecule has 1 saturated heterocycles. The van der Waals surface area contributed by atoms with E-state index in [0.717, 1.165) is 12.8 Å². The second-order valence-corrected chi connectivity index (χ2v) is 9.13. The molecular weight excluding hydrogens is 420 g/mol. The minimum atomic E-state index is -1.16. The third-order valence-electron chi connectivity index (χ3n) is 6.92. The number of ketones is 1. The molecule has 8 heteroatoms. The normalized spacial score (nSPS) is 28.1. The molecule has 4 atom stereocenters. The number of carbonyl (C=O) groups is 3. The number of carboxylic acids is 1. The Balaban J connectivity index is 1.83. The third kappa shape index (κ3) is 4.58. The van der Waals surface area contributed by atoms with E-state index in [1.807, 2.05) is 18.0 Å². The molecule has 0 radical (unpaired) electrons. The highest BCUT2D eigenvalue weighted by Crippen LogP contribution is 2.42. The number of ether oxygens (including phenoxy) is 1. The first-order valence-electron chi connectivity index (χ1n) is 10.8. The topological polar surface area (TPSA) is 87.1 Å². The lowest BCUT2D eigenvalue weighted by atomic mass is 9.74. The minimum absolute atomic E-state index is 0.0420. The van der Waals surface area contributed by atoms with Crippen molar-refractivity contribution in [1.29, 1.82) is 0 Å². The lowest BCUT2D eigenvalue weighted by Crippen LogP contribution is -2.56. The molecule has 7 nitrogen and oxygen atoms in total. The van der Waals surface area contributed by atoms with Crippen molar-refractivity contribution >= 4 is 29.4 Å². The van der Waals surface area contributed by atoms with Crippen LogP contribution in [0.4, 0.5) is 4.79 Å². The molecule has 1 aromatic carbocycles. The van der Waals surface area contributed by atoms with Gasteiger partial charge in [0, 0.05) is 30.1 Å². The summed E-state index contributed by atoms with van der Waals surface area (Å²) in [5.41, 5.74) is -0.538. The number of likely N-dealkylation sites (N-methyl/N-ethyl adjacent to an activating group) is 2. The third-order valence-corrected chi connectivity index (χ3v) is 7.25. The van der Waals surface area contributed by atoms with Crippen LogP contribution in [-0.2, 0) is 19.9 Å². The lowest BCUT2D eigenvalue weighted by Gasteiger charge is -2.44. The second kappa shape index (κ2) is 9.57. The van der Waals surface area contributed by atoms with Crippen molar-refractivity contribution in [2.45, 2.75) is 63.1 Å². The van der Waals surface area contributed by atoms with E-state index in [0.29, 0.717) is 42.8 Å². The molecule has 2 fully saturated rings. The SMILES string of the molecule is CC(OC(=O)N(C)[C@]1(c2ccccc2Cl)CCCCC1=O)C1CC(C(=O)O)CCN1C. The van der Waals surface area contributed by atoms with Gasteiger partial charge in [0.2, 0.25) is 0 Å². The highest BCUT2D eigenvalue weighted by atomic mass is 35.5. The molecule has 1 heterocycles. The molecule has 3 unspecified atom stereocenters. The number of amides is 1. The summed E-state index contributed by atoms with van der Waals surface area (Å²) in [5, 5.41) is 9.84. The number of aliphatic carboxylic acids is 1. The maximum Gasteiger partial charge on any atom is 0.410 e. The van der Waals surface area contributed by atoms with E-state index >= 15 is 0 Å². The molecule has 3 rings (SSSR count). The van der Waals surface area contributed by atoms with Crippen molar-refractivity contribution < 1.29 is 24.2 Å². The number of likely N-dealkylation sites (tertiary alicyclic amines) is 1. The molecule has 1 aliphatic carbocycles. The van der Waals surface area contributed by atoms with Crippen molar-refractivity contribution in [1.82, 2.24) is 9.80 Å². The summed E-state index contributed by atoms with van der Waals surface area (Å²) >= 11 is 6.46. The number of piperidine rings is 1. The standard InChI is InChI=1S/C23H31ClN2O5/c1-15(19-14-16(21(28)29)11-13-25(19)2)31-22(30)26(3)23(12-7-6-10-20(23)27)17-8-4-5-9-18(17)24/h4-5,8-9,15-16,19H,6-7,10-14H2,1-3H3,(H,28,29)/t15?,16?,19?,23-/m0/s1. The van der Waals surface area contributed by atoms with Gasteiger partial charge in [-0.25, -0.2) is 4.79 Å². The van der Waals surface area contributed by atoms with Crippen LogP contribution in [0.15, 0.2) is 24.3 Å². The Morgan fingerprint density at radius 2 is 2.03 bits per heavy atom. The molecule has 1 saturated carbocycles. The van der Waals surface area contributed by atoms with Crippen LogP contribution in [0, 0.1) is 5.92 Å². The van der Waals surface area contributed by atoms with Crippen LogP contribution in [-0.4, -0.2) is 65.5 Å². The summed E-state index contributed by atoms with van der Waals surface area (Å²) < 4.78 is 5.80. The van der Waals surface area contributed by atoms with E-state index in [9.17, 15) is 19.5 Å². The Labute approximate surface area is 188 Å². The Bertz CT molecular complexity index is 847. The van der Waals surface area contributed by atoms with Crippen molar-refractivity contribution in [3.8, 4) is 0 Å². The largest absolute Gasteiger partial charge is 0.481 e. The average Bonchev–Trinajstić information content (AvgIpc) is 2.74. The summed E-state index contributed by atoms with van der Waals surface area (Å²) in [6, 6.07) is 6.93. The Kier molecular flexibility index (Phi) is 7.27. The van der Waals surface area contributed by atoms with Gasteiger partial charge in [0.15, 0.2) is 5.78 Å². The number of Topliss-reactive ketones (excluding diaryl/α,β-unsaturated/α-hetero) is 1. The zero-order valence-electron chi connectivity index (χ0n) is 18.3. The number of rotatable bonds is 5. The smallest absolute Gasteiger partial charge is 0.410 e. The van der Waals surface area contributed by atoms with Crippen LogP contribution in [0.25, 0.3) is 0 Å². The summed E-state index contributed by atoms with van der Waals surface area (Å²) in [6.07, 6.45) is 2.32. The molecule has 31 heavy (non-hydrogen) atoms. The number of nitrogens with zero attached hydrogens (tertiary/aromatic N) is 2. The van der Waals surface area contributed by atoms with Crippen molar-refractivity contribution in [3.63, 3.8) is 0 Å². The molecule has 1 aliphatic heterocycles. The Hall–Kier alpha value is -2.12. The fraction of sp³-hybridized carbons (Fsp3) is 0.609. The van der Waals surface area contributed by atoms with E-state index in [1.165, 1.54) is 4.90 Å². The lowest BCUT2D eigenvalue weighted by molar-refractivity contribution is -0.145. The van der Waals surface area contributed by atoms with Gasteiger partial charge in [-0.15, -0.1) is 0 Å². The molecule has 170 valence electrons. The first-order valence-corrected chi connectivity index (χ1v) is 11.2. The maximum absolute atomic E-state index is 13.2. The molecule has 2 aliphatic rings. The minimum Gasteiger partial charge on any atom is -0.481 e. The molecular formula is C23H31ClN2O5. The van der Waals surface area contributed by atoms with Gasteiger partial charge in [0.25, 0.3) is 0 Å². The highest BCUT2D eigenvalue weighted by molar-refractivity contribution is 6.31. The van der Waals surface area contributed by atoms with Crippen LogP contribution in [0.2, 0.25) is 5.02 Å². The van der Waals surface area contributed by atoms with Crippen LogP contribution in [0.1, 0.15) is 51.0 Å². The predicted octanol–water partition coefficient (Wildman–Crippen LogP) is 3.93. The number of carboxylic acid groups (broad SMARTS) is 1. The maximum atomic E-state index is 13.2. The quantitative estimate of drug-likeness (QED) is 0.731. The van der Waals surface area contributed by atoms with Gasteiger partial charge in [-0.3, -0.25) is 19.4 Å². The molecule has 1 amide bonds. The first kappa shape index (κ1) is 23.5. The highest BCUT2D eigenvalue weighted by Gasteiger charge is 2.49. The van der Waals surface area contributed by atoms with Gasteiger partial charge in [-0.1, -0.05) is 29.8 Å². The summed E-state index contributed by atoms with van der Waals surface area (Å²) in [5.74, 6) is -1.31. The van der Waals surface area contributed by atoms with Crippen LogP contribution < -0.4 is 0 Å². The van der Waals surface area contributed by atoms with Crippen LogP contribution >= 0.6 is 11.6 Å². The molecule has 0 spiro atoms. The summed E-state index contributed by atoms with van der Waals surface area (Å²) in [4.78, 5) is 41.3. The number of halogens is 1. The molecule has 0 bridgehead atoms. The van der Waals surface area contributed by atoms with Crippen LogP contribution in [0.3, 0.4) is 0 Å². The molecule has 1 N–H and O–H groups in total. The van der Waals surface area contributed by atoms with Gasteiger partial charge >= 0.3 is 12.1 Å². The fourth-order valence-corrected chi connectivity index (χ4v) is 5.28. The van der Waals surface area contributed by atoms with Gasteiger partial charge in [-0.2, -0.15) is 0 Å². The molecule has 1 aromatic rings. The first-order chi connectivity index (χ1) is 14.7. The fourth-order valence-electron chi connectivity index (χ4n) is 4.99. The monoisotopic (exact) mass is 450 g/mol. The number of hydrogen-bond donors (Lipinski definition) is 1. The Morgan fingerprint density at radius 3 is 2.68 bits per heavy atom. The van der Waals surface area contributed by atoms with Gasteiger partial charge < -0.3 is 9.84 Å². The number of carbonyl (C=O) groups excluding carboxylic acids is 2. The average molecular weight is 451 g/mol. The van der Waals surface area contributed by atoms with E-state index in [2.05, 4.69) is 0 Å². The zero-order valence-corrected chi connectivity index (χ0v) is 19.1. The number of hydrogen-bond acceptors (Lipinski definition) is 5. The number of benzene rings is 1. The molecule has 0 aromatic heterocycles. The van der Waals surface area contributed by atoms with Gasteiger partial charge in [-0.05, 0) is 58.7 Å².